The lowest BCUT2D eigenvalue weighted by Crippen LogP contribution is -1.99. The van der Waals surface area contributed by atoms with Crippen LogP contribution in [0.15, 0.2) is 6.07 Å². The molecule has 13 heavy (non-hydrogen) atoms. The average Bonchev–Trinajstić information content (AvgIpc) is 2.03. The molecule has 0 unspecified atom stereocenters. The highest BCUT2D eigenvalue weighted by Gasteiger charge is 2.17. The number of hydrogen-bond donors (Lipinski definition) is 0. The molecule has 0 atom stereocenters. The molecule has 1 aromatic rings. The molecule has 0 radical (unpaired) electrons. The van der Waals surface area contributed by atoms with Gasteiger partial charge in [0.1, 0.15) is 11.5 Å². The van der Waals surface area contributed by atoms with E-state index < -0.39 is 17.9 Å². The van der Waals surface area contributed by atoms with Gasteiger partial charge in [-0.25, -0.2) is 18.2 Å². The predicted octanol–water partition coefficient (Wildman–Crippen LogP) is 3.55. The van der Waals surface area contributed by atoms with Crippen molar-refractivity contribution in [1.82, 2.24) is 4.98 Å². The molecule has 0 bridgehead atoms. The van der Waals surface area contributed by atoms with E-state index in [-0.39, 0.29) is 16.6 Å². The van der Waals surface area contributed by atoms with Gasteiger partial charge in [0.25, 0.3) is 6.43 Å². The summed E-state index contributed by atoms with van der Waals surface area (Å²) in [6, 6.07) is 0.785. The van der Waals surface area contributed by atoms with Gasteiger partial charge in [-0.15, -0.1) is 11.6 Å². The SMILES string of the molecule is Fc1cc(Cl)c(C(F)F)nc1CCl. The molecule has 0 aliphatic rings. The van der Waals surface area contributed by atoms with Gasteiger partial charge in [-0.1, -0.05) is 11.6 Å². The molecule has 1 rings (SSSR count). The minimum absolute atomic E-state index is 0.221. The van der Waals surface area contributed by atoms with Crippen molar-refractivity contribution in [2.75, 3.05) is 0 Å². The minimum Gasteiger partial charge on any atom is -0.246 e. The summed E-state index contributed by atoms with van der Waals surface area (Å²) in [4.78, 5) is 3.30. The molecule has 0 saturated carbocycles. The Morgan fingerprint density at radius 1 is 1.46 bits per heavy atom. The molecule has 0 aliphatic carbocycles. The van der Waals surface area contributed by atoms with Crippen LogP contribution < -0.4 is 0 Å². The van der Waals surface area contributed by atoms with Crippen LogP contribution in [0.5, 0.6) is 0 Å². The smallest absolute Gasteiger partial charge is 0.246 e. The summed E-state index contributed by atoms with van der Waals surface area (Å²) >= 11 is 10.6. The van der Waals surface area contributed by atoms with Crippen molar-refractivity contribution in [2.45, 2.75) is 12.3 Å². The standard InChI is InChI=1S/C7H4Cl2F3N/c8-2-5-4(10)1-3(9)6(13-5)7(11)12/h1,7H,2H2. The lowest BCUT2D eigenvalue weighted by molar-refractivity contribution is 0.146. The number of alkyl halides is 3. The summed E-state index contributed by atoms with van der Waals surface area (Å²) in [6.45, 7) is 0. The zero-order valence-electron chi connectivity index (χ0n) is 6.20. The van der Waals surface area contributed by atoms with E-state index in [1.54, 1.807) is 0 Å². The van der Waals surface area contributed by atoms with Crippen molar-refractivity contribution in [1.29, 1.82) is 0 Å². The maximum Gasteiger partial charge on any atom is 0.281 e. The quantitative estimate of drug-likeness (QED) is 0.708. The number of aromatic nitrogens is 1. The highest BCUT2D eigenvalue weighted by molar-refractivity contribution is 6.31. The van der Waals surface area contributed by atoms with Crippen LogP contribution in [-0.4, -0.2) is 4.98 Å². The highest BCUT2D eigenvalue weighted by Crippen LogP contribution is 2.26. The lowest BCUT2D eigenvalue weighted by atomic mass is 10.3. The van der Waals surface area contributed by atoms with E-state index in [4.69, 9.17) is 23.2 Å². The van der Waals surface area contributed by atoms with E-state index >= 15 is 0 Å². The molecular weight excluding hydrogens is 226 g/mol. The Balaban J connectivity index is 3.22. The van der Waals surface area contributed by atoms with Gasteiger partial charge in [-0.3, -0.25) is 0 Å². The number of nitrogens with zero attached hydrogens (tertiary/aromatic N) is 1. The van der Waals surface area contributed by atoms with Gasteiger partial charge in [-0.05, 0) is 6.07 Å². The van der Waals surface area contributed by atoms with Crippen LogP contribution in [0.1, 0.15) is 17.8 Å². The zero-order valence-corrected chi connectivity index (χ0v) is 7.71. The van der Waals surface area contributed by atoms with Crippen LogP contribution in [0.25, 0.3) is 0 Å². The Morgan fingerprint density at radius 2 is 2.08 bits per heavy atom. The maximum absolute atomic E-state index is 12.8. The van der Waals surface area contributed by atoms with E-state index in [1.165, 1.54) is 0 Å². The fraction of sp³-hybridized carbons (Fsp3) is 0.286. The van der Waals surface area contributed by atoms with Crippen molar-refractivity contribution in [2.24, 2.45) is 0 Å². The van der Waals surface area contributed by atoms with Crippen molar-refractivity contribution in [3.63, 3.8) is 0 Å². The van der Waals surface area contributed by atoms with E-state index in [0.29, 0.717) is 0 Å². The van der Waals surface area contributed by atoms with E-state index in [0.717, 1.165) is 6.07 Å². The molecular formula is C7H4Cl2F3N. The minimum atomic E-state index is -2.82. The third kappa shape index (κ3) is 2.25. The van der Waals surface area contributed by atoms with Crippen LogP contribution in [0.2, 0.25) is 5.02 Å². The topological polar surface area (TPSA) is 12.9 Å². The highest BCUT2D eigenvalue weighted by atomic mass is 35.5. The molecule has 0 fully saturated rings. The van der Waals surface area contributed by atoms with Crippen molar-refractivity contribution in [3.05, 3.63) is 28.3 Å². The second kappa shape index (κ2) is 4.15. The fourth-order valence-corrected chi connectivity index (χ4v) is 1.18. The van der Waals surface area contributed by atoms with Gasteiger partial charge < -0.3 is 0 Å². The largest absolute Gasteiger partial charge is 0.281 e. The Hall–Kier alpha value is -0.480. The maximum atomic E-state index is 12.8. The number of rotatable bonds is 2. The number of pyridine rings is 1. The Kier molecular flexibility index (Phi) is 3.39. The van der Waals surface area contributed by atoms with Crippen LogP contribution in [0.4, 0.5) is 13.2 Å². The van der Waals surface area contributed by atoms with Gasteiger partial charge in [0.2, 0.25) is 0 Å². The van der Waals surface area contributed by atoms with Gasteiger partial charge in [-0.2, -0.15) is 0 Å². The van der Waals surface area contributed by atoms with Crippen molar-refractivity contribution in [3.8, 4) is 0 Å². The fourth-order valence-electron chi connectivity index (χ4n) is 0.767. The monoisotopic (exact) mass is 229 g/mol. The molecule has 0 aromatic carbocycles. The van der Waals surface area contributed by atoms with Gasteiger partial charge in [0.05, 0.1) is 16.6 Å². The molecule has 72 valence electrons. The molecule has 0 spiro atoms. The van der Waals surface area contributed by atoms with E-state index in [9.17, 15) is 13.2 Å². The first-order valence-electron chi connectivity index (χ1n) is 3.25. The first kappa shape index (κ1) is 10.6. The molecule has 0 aliphatic heterocycles. The van der Waals surface area contributed by atoms with Crippen LogP contribution in [0, 0.1) is 5.82 Å². The summed E-state index contributed by atoms with van der Waals surface area (Å²) in [5, 5.41) is -0.388. The third-order valence-corrected chi connectivity index (χ3v) is 1.92. The lowest BCUT2D eigenvalue weighted by Gasteiger charge is -2.04. The summed E-state index contributed by atoms with van der Waals surface area (Å²) in [6.07, 6.45) is -2.82. The molecule has 0 N–H and O–H groups in total. The van der Waals surface area contributed by atoms with Gasteiger partial charge in [0.15, 0.2) is 0 Å². The first-order chi connectivity index (χ1) is 6.06. The number of hydrogen-bond acceptors (Lipinski definition) is 1. The van der Waals surface area contributed by atoms with Crippen molar-refractivity contribution >= 4 is 23.2 Å². The van der Waals surface area contributed by atoms with E-state index in [2.05, 4.69) is 4.98 Å². The van der Waals surface area contributed by atoms with Gasteiger partial charge >= 0.3 is 0 Å². The van der Waals surface area contributed by atoms with Crippen LogP contribution >= 0.6 is 23.2 Å². The molecule has 6 heteroatoms. The predicted molar refractivity (Wildman–Crippen MR) is 43.7 cm³/mol. The van der Waals surface area contributed by atoms with Crippen molar-refractivity contribution < 1.29 is 13.2 Å². The van der Waals surface area contributed by atoms with Crippen LogP contribution in [0.3, 0.4) is 0 Å². The molecule has 0 amide bonds. The normalized spacial score (nSPS) is 10.9. The average molecular weight is 230 g/mol. The van der Waals surface area contributed by atoms with Gasteiger partial charge in [0, 0.05) is 0 Å². The second-order valence-electron chi connectivity index (χ2n) is 2.22. The molecule has 1 heterocycles. The third-order valence-electron chi connectivity index (χ3n) is 1.36. The second-order valence-corrected chi connectivity index (χ2v) is 2.89. The summed E-state index contributed by atoms with van der Waals surface area (Å²) in [5.74, 6) is -1.03. The summed E-state index contributed by atoms with van der Waals surface area (Å²) in [5.41, 5.74) is -0.861. The molecule has 1 nitrogen and oxygen atoms in total. The molecule has 1 aromatic heterocycles. The first-order valence-corrected chi connectivity index (χ1v) is 4.16. The number of halogens is 5. The zero-order chi connectivity index (χ0) is 10.0. The Bertz CT molecular complexity index is 317. The summed E-state index contributed by atoms with van der Waals surface area (Å²) < 4.78 is 37.1. The Labute approximate surface area is 82.5 Å². The molecule has 0 saturated heterocycles. The van der Waals surface area contributed by atoms with E-state index in [1.807, 2.05) is 0 Å². The summed E-state index contributed by atoms with van der Waals surface area (Å²) in [7, 11) is 0. The Morgan fingerprint density at radius 3 is 2.54 bits per heavy atom. The van der Waals surface area contributed by atoms with Crippen LogP contribution in [-0.2, 0) is 5.88 Å².